The van der Waals surface area contributed by atoms with E-state index < -0.39 is 23.1 Å². The van der Waals surface area contributed by atoms with Crippen molar-refractivity contribution in [2.24, 2.45) is 0 Å². The number of anilines is 1. The van der Waals surface area contributed by atoms with Crippen molar-refractivity contribution in [3.8, 4) is 5.75 Å². The number of halogens is 2. The number of nitrogens with one attached hydrogen (secondary N) is 1. The number of aromatic hydroxyl groups is 1. The molecule has 0 saturated heterocycles. The Labute approximate surface area is 115 Å². The van der Waals surface area contributed by atoms with Gasteiger partial charge >= 0.3 is 6.55 Å². The van der Waals surface area contributed by atoms with Crippen molar-refractivity contribution in [1.29, 1.82) is 0 Å². The molecule has 0 bridgehead atoms. The zero-order valence-corrected chi connectivity index (χ0v) is 10.2. The number of non-ortho nitro benzene ring substituents is 1. The van der Waals surface area contributed by atoms with E-state index in [1.807, 2.05) is 0 Å². The minimum absolute atomic E-state index is 0.221. The number of nitrogens with zero attached hydrogens (tertiary/aromatic N) is 3. The first-order chi connectivity index (χ1) is 9.88. The van der Waals surface area contributed by atoms with E-state index in [1.165, 1.54) is 0 Å². The molecular formula is C11H8F2N4O4. The summed E-state index contributed by atoms with van der Waals surface area (Å²) in [5, 5.41) is 25.6. The van der Waals surface area contributed by atoms with Gasteiger partial charge < -0.3 is 10.4 Å². The van der Waals surface area contributed by atoms with Crippen molar-refractivity contribution >= 4 is 17.3 Å². The summed E-state index contributed by atoms with van der Waals surface area (Å²) in [6.07, 6.45) is 0.910. The maximum atomic E-state index is 12.3. The Balaban J connectivity index is 2.22. The SMILES string of the molecule is O=C(Nc1cc([N+](=O)[O-])ccc1O)c1ccn(C(F)F)n1. The van der Waals surface area contributed by atoms with Crippen LogP contribution >= 0.6 is 0 Å². The highest BCUT2D eigenvalue weighted by atomic mass is 19.3. The Morgan fingerprint density at radius 3 is 2.71 bits per heavy atom. The van der Waals surface area contributed by atoms with E-state index in [9.17, 15) is 28.8 Å². The van der Waals surface area contributed by atoms with E-state index in [0.29, 0.717) is 0 Å². The van der Waals surface area contributed by atoms with E-state index in [1.54, 1.807) is 0 Å². The van der Waals surface area contributed by atoms with Crippen LogP contribution in [0.1, 0.15) is 17.0 Å². The summed E-state index contributed by atoms with van der Waals surface area (Å²) in [4.78, 5) is 21.7. The van der Waals surface area contributed by atoms with Gasteiger partial charge in [-0.2, -0.15) is 13.9 Å². The Kier molecular flexibility index (Phi) is 3.78. The van der Waals surface area contributed by atoms with E-state index >= 15 is 0 Å². The Morgan fingerprint density at radius 2 is 2.14 bits per heavy atom. The van der Waals surface area contributed by atoms with Crippen molar-refractivity contribution < 1.29 is 23.6 Å². The fraction of sp³-hybridized carbons (Fsp3) is 0.0909. The van der Waals surface area contributed by atoms with Crippen LogP contribution in [0.5, 0.6) is 5.75 Å². The number of phenols is 1. The van der Waals surface area contributed by atoms with Crippen LogP contribution in [0.15, 0.2) is 30.5 Å². The third-order valence-electron chi connectivity index (χ3n) is 2.48. The first kappa shape index (κ1) is 14.4. The van der Waals surface area contributed by atoms with Crippen molar-refractivity contribution in [3.05, 3.63) is 46.3 Å². The molecule has 1 heterocycles. The number of rotatable bonds is 4. The van der Waals surface area contributed by atoms with Crippen LogP contribution in [0.3, 0.4) is 0 Å². The van der Waals surface area contributed by atoms with Gasteiger partial charge in [-0.15, -0.1) is 0 Å². The van der Waals surface area contributed by atoms with Gasteiger partial charge in [0.1, 0.15) is 5.75 Å². The minimum Gasteiger partial charge on any atom is -0.506 e. The van der Waals surface area contributed by atoms with Gasteiger partial charge in [-0.1, -0.05) is 0 Å². The van der Waals surface area contributed by atoms with Crippen LogP contribution < -0.4 is 5.32 Å². The van der Waals surface area contributed by atoms with Gasteiger partial charge in [0.15, 0.2) is 5.69 Å². The van der Waals surface area contributed by atoms with Crippen molar-refractivity contribution in [2.75, 3.05) is 5.32 Å². The molecule has 0 saturated carbocycles. The number of aromatic nitrogens is 2. The average Bonchev–Trinajstić information content (AvgIpc) is 2.90. The topological polar surface area (TPSA) is 110 Å². The number of benzene rings is 1. The Morgan fingerprint density at radius 1 is 1.43 bits per heavy atom. The van der Waals surface area contributed by atoms with Crippen LogP contribution in [0.2, 0.25) is 0 Å². The van der Waals surface area contributed by atoms with Crippen LogP contribution in [-0.4, -0.2) is 25.7 Å². The van der Waals surface area contributed by atoms with Gasteiger partial charge in [0.25, 0.3) is 11.6 Å². The predicted octanol–water partition coefficient (Wildman–Crippen LogP) is 2.14. The van der Waals surface area contributed by atoms with Crippen molar-refractivity contribution in [2.45, 2.75) is 6.55 Å². The summed E-state index contributed by atoms with van der Waals surface area (Å²) < 4.78 is 24.9. The average molecular weight is 298 g/mol. The lowest BCUT2D eigenvalue weighted by atomic mass is 10.2. The molecule has 0 radical (unpaired) electrons. The van der Waals surface area contributed by atoms with Crippen molar-refractivity contribution in [3.63, 3.8) is 0 Å². The molecule has 0 spiro atoms. The fourth-order valence-corrected chi connectivity index (χ4v) is 1.49. The molecular weight excluding hydrogens is 290 g/mol. The molecule has 2 N–H and O–H groups in total. The van der Waals surface area contributed by atoms with Gasteiger partial charge in [0, 0.05) is 18.3 Å². The molecule has 0 atom stereocenters. The molecule has 0 aliphatic rings. The zero-order valence-electron chi connectivity index (χ0n) is 10.2. The van der Waals surface area contributed by atoms with E-state index in [4.69, 9.17) is 0 Å². The van der Waals surface area contributed by atoms with Gasteiger partial charge in [-0.3, -0.25) is 14.9 Å². The van der Waals surface area contributed by atoms with Gasteiger partial charge in [0.2, 0.25) is 0 Å². The summed E-state index contributed by atoms with van der Waals surface area (Å²) >= 11 is 0. The van der Waals surface area contributed by atoms with Crippen LogP contribution in [0.25, 0.3) is 0 Å². The monoisotopic (exact) mass is 298 g/mol. The largest absolute Gasteiger partial charge is 0.506 e. The normalized spacial score (nSPS) is 10.6. The number of carbonyl (C=O) groups excluding carboxylic acids is 1. The van der Waals surface area contributed by atoms with Crippen molar-refractivity contribution in [1.82, 2.24) is 9.78 Å². The second-order valence-electron chi connectivity index (χ2n) is 3.87. The summed E-state index contributed by atoms with van der Waals surface area (Å²) in [6, 6.07) is 4.08. The second-order valence-corrected chi connectivity index (χ2v) is 3.87. The summed E-state index contributed by atoms with van der Waals surface area (Å²) in [7, 11) is 0. The number of nitro groups is 1. The Bertz CT molecular complexity index is 701. The summed E-state index contributed by atoms with van der Waals surface area (Å²) in [6.45, 7) is -2.89. The molecule has 10 heteroatoms. The number of hydrogen-bond donors (Lipinski definition) is 2. The number of nitro benzene ring substituents is 1. The van der Waals surface area contributed by atoms with E-state index in [0.717, 1.165) is 30.5 Å². The molecule has 1 amide bonds. The quantitative estimate of drug-likeness (QED) is 0.510. The first-order valence-electron chi connectivity index (χ1n) is 5.50. The van der Waals surface area contributed by atoms with Crippen LogP contribution in [0.4, 0.5) is 20.2 Å². The first-order valence-corrected chi connectivity index (χ1v) is 5.50. The molecule has 21 heavy (non-hydrogen) atoms. The van der Waals surface area contributed by atoms with Crippen LogP contribution in [-0.2, 0) is 0 Å². The third-order valence-corrected chi connectivity index (χ3v) is 2.48. The summed E-state index contributed by atoms with van der Waals surface area (Å²) in [5.74, 6) is -1.28. The molecule has 2 rings (SSSR count). The Hall–Kier alpha value is -3.04. The minimum atomic E-state index is -2.89. The van der Waals surface area contributed by atoms with Gasteiger partial charge in [-0.25, -0.2) is 4.68 Å². The molecule has 1 aromatic heterocycles. The lowest BCUT2D eigenvalue weighted by molar-refractivity contribution is -0.384. The molecule has 110 valence electrons. The maximum Gasteiger partial charge on any atom is 0.333 e. The summed E-state index contributed by atoms with van der Waals surface area (Å²) in [5.41, 5.74) is -0.886. The lowest BCUT2D eigenvalue weighted by Gasteiger charge is -2.05. The highest BCUT2D eigenvalue weighted by Crippen LogP contribution is 2.28. The third kappa shape index (κ3) is 3.11. The highest BCUT2D eigenvalue weighted by Gasteiger charge is 2.17. The lowest BCUT2D eigenvalue weighted by Crippen LogP contribution is -2.13. The number of hydrogen-bond acceptors (Lipinski definition) is 5. The highest BCUT2D eigenvalue weighted by molar-refractivity contribution is 6.03. The molecule has 1 aromatic carbocycles. The number of phenolic OH excluding ortho intramolecular Hbond substituents is 1. The van der Waals surface area contributed by atoms with Gasteiger partial charge in [-0.05, 0) is 12.1 Å². The molecule has 0 fully saturated rings. The number of amides is 1. The zero-order chi connectivity index (χ0) is 15.6. The van der Waals surface area contributed by atoms with Crippen LogP contribution in [0, 0.1) is 10.1 Å². The van der Waals surface area contributed by atoms with E-state index in [-0.39, 0.29) is 21.8 Å². The van der Waals surface area contributed by atoms with E-state index in [2.05, 4.69) is 10.4 Å². The molecule has 0 aliphatic heterocycles. The molecule has 2 aromatic rings. The number of carbonyl (C=O) groups is 1. The molecule has 0 unspecified atom stereocenters. The molecule has 0 aliphatic carbocycles. The standard InChI is InChI=1S/C11H8F2N4O4/c12-11(13)16-4-3-7(15-16)10(19)14-8-5-6(17(20)21)1-2-9(8)18/h1-5,11,18H,(H,14,19). The molecule has 8 nitrogen and oxygen atoms in total. The number of alkyl halides is 2. The predicted molar refractivity (Wildman–Crippen MR) is 66.2 cm³/mol. The second kappa shape index (κ2) is 5.53. The smallest absolute Gasteiger partial charge is 0.333 e. The fourth-order valence-electron chi connectivity index (χ4n) is 1.49. The maximum absolute atomic E-state index is 12.3. The van der Waals surface area contributed by atoms with Gasteiger partial charge in [0.05, 0.1) is 10.6 Å².